The molecule has 2 bridgehead atoms. The summed E-state index contributed by atoms with van der Waals surface area (Å²) in [6, 6.07) is 2.66. The summed E-state index contributed by atoms with van der Waals surface area (Å²) in [5.74, 6) is 0.113. The van der Waals surface area contributed by atoms with Crippen LogP contribution < -0.4 is 15.0 Å². The van der Waals surface area contributed by atoms with Crippen molar-refractivity contribution in [3.63, 3.8) is 0 Å². The van der Waals surface area contributed by atoms with E-state index in [4.69, 9.17) is 21.3 Å². The average molecular weight is 515 g/mol. The van der Waals surface area contributed by atoms with Crippen LogP contribution in [0.25, 0.3) is 10.9 Å². The molecule has 166 valence electrons. The first-order chi connectivity index (χ1) is 14.9. The number of piperidine rings is 1. The van der Waals surface area contributed by atoms with Crippen LogP contribution >= 0.6 is 27.5 Å². The van der Waals surface area contributed by atoms with E-state index in [0.29, 0.717) is 42.9 Å². The monoisotopic (exact) mass is 513 g/mol. The SMILES string of the molecule is Fc1c(Br)c(Cl)cc2c(N3CC4CC(C3)N4)nc(OCC34CCCN3CC(F)C4)nc12. The third kappa shape index (κ3) is 3.31. The van der Waals surface area contributed by atoms with E-state index in [2.05, 4.69) is 36.0 Å². The van der Waals surface area contributed by atoms with Crippen LogP contribution in [0.4, 0.5) is 14.6 Å². The van der Waals surface area contributed by atoms with Crippen molar-refractivity contribution in [2.24, 2.45) is 0 Å². The molecule has 5 aliphatic rings. The fourth-order valence-electron chi connectivity index (χ4n) is 5.78. The molecule has 1 aromatic heterocycles. The molecule has 1 aromatic carbocycles. The Labute approximate surface area is 192 Å². The number of alkyl halides is 1. The van der Waals surface area contributed by atoms with Crippen LogP contribution in [-0.2, 0) is 0 Å². The van der Waals surface area contributed by atoms with Gasteiger partial charge in [-0.25, -0.2) is 8.78 Å². The minimum Gasteiger partial charge on any atom is -0.461 e. The Morgan fingerprint density at radius 3 is 2.84 bits per heavy atom. The van der Waals surface area contributed by atoms with Gasteiger partial charge in [-0.2, -0.15) is 9.97 Å². The van der Waals surface area contributed by atoms with Crippen molar-refractivity contribution in [3.8, 4) is 6.01 Å². The summed E-state index contributed by atoms with van der Waals surface area (Å²) in [5, 5.41) is 4.35. The van der Waals surface area contributed by atoms with E-state index < -0.39 is 12.0 Å². The van der Waals surface area contributed by atoms with Gasteiger partial charge in [0.15, 0.2) is 5.82 Å². The lowest BCUT2D eigenvalue weighted by atomic mass is 9.91. The molecule has 6 nitrogen and oxygen atoms in total. The molecule has 0 amide bonds. The molecule has 0 saturated carbocycles. The van der Waals surface area contributed by atoms with E-state index in [1.54, 1.807) is 6.07 Å². The molecule has 31 heavy (non-hydrogen) atoms. The number of aromatic nitrogens is 2. The molecule has 2 aromatic rings. The quantitative estimate of drug-likeness (QED) is 0.628. The van der Waals surface area contributed by atoms with Crippen LogP contribution in [0.3, 0.4) is 0 Å². The maximum Gasteiger partial charge on any atom is 0.319 e. The highest BCUT2D eigenvalue weighted by molar-refractivity contribution is 9.10. The summed E-state index contributed by atoms with van der Waals surface area (Å²) in [6.45, 7) is 3.23. The minimum absolute atomic E-state index is 0.131. The van der Waals surface area contributed by atoms with E-state index >= 15 is 4.39 Å². The lowest BCUT2D eigenvalue weighted by Crippen LogP contribution is -2.67. The number of nitrogens with zero attached hydrogens (tertiary/aromatic N) is 4. The molecule has 4 unspecified atom stereocenters. The number of benzene rings is 1. The molecular weight excluding hydrogens is 492 g/mol. The summed E-state index contributed by atoms with van der Waals surface area (Å²) < 4.78 is 35.4. The summed E-state index contributed by atoms with van der Waals surface area (Å²) in [4.78, 5) is 13.4. The standard InChI is InChI=1S/C21H23BrClF2N5O/c22-16-15(23)5-14-18(17(16)25)27-20(28-19(14)29-8-12-4-13(9-29)26-12)31-10-21-2-1-3-30(21)7-11(24)6-21/h5,11-13,26H,1-4,6-10H2. The first-order valence-corrected chi connectivity index (χ1v) is 12.0. The molecule has 5 aliphatic heterocycles. The Bertz CT molecular complexity index is 1040. The molecule has 7 rings (SSSR count). The van der Waals surface area contributed by atoms with Gasteiger partial charge < -0.3 is 15.0 Å². The molecule has 4 atom stereocenters. The minimum atomic E-state index is -0.833. The van der Waals surface area contributed by atoms with Gasteiger partial charge in [0.1, 0.15) is 24.1 Å². The van der Waals surface area contributed by atoms with Gasteiger partial charge in [0, 0.05) is 43.5 Å². The third-order valence-corrected chi connectivity index (χ3v) is 8.54. The molecule has 0 spiro atoms. The lowest BCUT2D eigenvalue weighted by Gasteiger charge is -2.48. The van der Waals surface area contributed by atoms with Gasteiger partial charge in [0.05, 0.1) is 15.0 Å². The highest BCUT2D eigenvalue weighted by atomic mass is 79.9. The Kier molecular flexibility index (Phi) is 4.83. The van der Waals surface area contributed by atoms with Crippen LogP contribution in [0.1, 0.15) is 25.7 Å². The first-order valence-electron chi connectivity index (χ1n) is 10.8. The Hall–Kier alpha value is -1.29. The second kappa shape index (κ2) is 7.37. The largest absolute Gasteiger partial charge is 0.461 e. The molecular formula is C21H23BrClF2N5O. The number of hydrogen-bond donors (Lipinski definition) is 1. The number of rotatable bonds is 4. The second-order valence-electron chi connectivity index (χ2n) is 9.28. The molecule has 5 fully saturated rings. The van der Waals surface area contributed by atoms with Crippen molar-refractivity contribution in [1.29, 1.82) is 0 Å². The highest BCUT2D eigenvalue weighted by Gasteiger charge is 2.49. The van der Waals surface area contributed by atoms with Gasteiger partial charge in [0.25, 0.3) is 0 Å². The molecule has 0 radical (unpaired) electrons. The number of hydrogen-bond acceptors (Lipinski definition) is 6. The molecule has 0 aliphatic carbocycles. The van der Waals surface area contributed by atoms with Crippen LogP contribution in [0.2, 0.25) is 5.02 Å². The van der Waals surface area contributed by atoms with Crippen molar-refractivity contribution in [2.45, 2.75) is 49.5 Å². The maximum absolute atomic E-state index is 15.1. The Morgan fingerprint density at radius 1 is 1.29 bits per heavy atom. The maximum atomic E-state index is 15.1. The van der Waals surface area contributed by atoms with E-state index in [-0.39, 0.29) is 26.6 Å². The predicted molar refractivity (Wildman–Crippen MR) is 118 cm³/mol. The zero-order valence-electron chi connectivity index (χ0n) is 16.9. The van der Waals surface area contributed by atoms with Gasteiger partial charge in [-0.1, -0.05) is 11.6 Å². The smallest absolute Gasteiger partial charge is 0.319 e. The van der Waals surface area contributed by atoms with Crippen molar-refractivity contribution in [2.75, 3.05) is 37.7 Å². The number of fused-ring (bicyclic) bond motifs is 4. The fourth-order valence-corrected chi connectivity index (χ4v) is 6.27. The zero-order chi connectivity index (χ0) is 21.3. The van der Waals surface area contributed by atoms with Crippen molar-refractivity contribution >= 4 is 44.3 Å². The van der Waals surface area contributed by atoms with Gasteiger partial charge >= 0.3 is 6.01 Å². The molecule has 1 N–H and O–H groups in total. The van der Waals surface area contributed by atoms with E-state index in [1.807, 2.05) is 0 Å². The average Bonchev–Trinajstić information content (AvgIpc) is 3.26. The van der Waals surface area contributed by atoms with Gasteiger partial charge in [-0.15, -0.1) is 0 Å². The Morgan fingerprint density at radius 2 is 2.06 bits per heavy atom. The van der Waals surface area contributed by atoms with Crippen molar-refractivity contribution < 1.29 is 13.5 Å². The van der Waals surface area contributed by atoms with E-state index in [9.17, 15) is 4.39 Å². The van der Waals surface area contributed by atoms with Gasteiger partial charge in [-0.05, 0) is 47.8 Å². The number of piperazine rings is 1. The van der Waals surface area contributed by atoms with Crippen molar-refractivity contribution in [1.82, 2.24) is 20.2 Å². The summed E-state index contributed by atoms with van der Waals surface area (Å²) in [5.41, 5.74) is -0.132. The number of halogens is 4. The van der Waals surface area contributed by atoms with E-state index in [1.165, 1.54) is 0 Å². The van der Waals surface area contributed by atoms with Crippen LogP contribution in [0.15, 0.2) is 10.5 Å². The number of ether oxygens (including phenoxy) is 1. The lowest BCUT2D eigenvalue weighted by molar-refractivity contribution is 0.107. The fraction of sp³-hybridized carbons (Fsp3) is 0.619. The molecule has 5 saturated heterocycles. The second-order valence-corrected chi connectivity index (χ2v) is 10.5. The predicted octanol–water partition coefficient (Wildman–Crippen LogP) is 3.69. The van der Waals surface area contributed by atoms with Gasteiger partial charge in [0.2, 0.25) is 0 Å². The van der Waals surface area contributed by atoms with Crippen LogP contribution in [-0.4, -0.2) is 71.4 Å². The summed E-state index contributed by atoms with van der Waals surface area (Å²) >= 11 is 9.47. The zero-order valence-corrected chi connectivity index (χ0v) is 19.2. The van der Waals surface area contributed by atoms with Crippen LogP contribution in [0.5, 0.6) is 6.01 Å². The Balaban J connectivity index is 1.37. The van der Waals surface area contributed by atoms with E-state index in [0.717, 1.165) is 38.9 Å². The van der Waals surface area contributed by atoms with Crippen LogP contribution in [0, 0.1) is 5.82 Å². The summed E-state index contributed by atoms with van der Waals surface area (Å²) in [7, 11) is 0. The first kappa shape index (κ1) is 20.3. The topological polar surface area (TPSA) is 53.5 Å². The number of anilines is 1. The van der Waals surface area contributed by atoms with Crippen molar-refractivity contribution in [3.05, 3.63) is 21.4 Å². The molecule has 6 heterocycles. The number of nitrogens with one attached hydrogen (secondary N) is 1. The van der Waals surface area contributed by atoms with Gasteiger partial charge in [-0.3, -0.25) is 4.90 Å². The normalized spacial score (nSPS) is 32.4. The summed E-state index contributed by atoms with van der Waals surface area (Å²) in [6.07, 6.45) is 2.70. The highest BCUT2D eigenvalue weighted by Crippen LogP contribution is 2.41. The molecule has 10 heteroatoms. The third-order valence-electron chi connectivity index (χ3n) is 7.24.